The van der Waals surface area contributed by atoms with E-state index in [4.69, 9.17) is 9.84 Å². The van der Waals surface area contributed by atoms with Gasteiger partial charge < -0.3 is 15.2 Å². The van der Waals surface area contributed by atoms with Crippen molar-refractivity contribution in [1.82, 2.24) is 5.32 Å². The summed E-state index contributed by atoms with van der Waals surface area (Å²) >= 11 is 0. The molecule has 1 aromatic rings. The summed E-state index contributed by atoms with van der Waals surface area (Å²) in [6.45, 7) is 4.59. The molecule has 1 aliphatic rings. The van der Waals surface area contributed by atoms with E-state index in [0.29, 0.717) is 18.8 Å². The van der Waals surface area contributed by atoms with E-state index >= 15 is 0 Å². The summed E-state index contributed by atoms with van der Waals surface area (Å²) in [5.41, 5.74) is 2.54. The van der Waals surface area contributed by atoms with Crippen LogP contribution in [0.2, 0.25) is 0 Å². The Morgan fingerprint density at radius 1 is 1.26 bits per heavy atom. The van der Waals surface area contributed by atoms with E-state index in [0.717, 1.165) is 11.1 Å². The largest absolute Gasteiger partial charge is 0.480 e. The van der Waals surface area contributed by atoms with Crippen LogP contribution in [0.25, 0.3) is 0 Å². The second-order valence-electron chi connectivity index (χ2n) is 5.01. The first kappa shape index (κ1) is 13.5. The first-order valence-corrected chi connectivity index (χ1v) is 6.22. The molecule has 102 valence electrons. The van der Waals surface area contributed by atoms with E-state index < -0.39 is 12.0 Å². The molecule has 0 saturated heterocycles. The van der Waals surface area contributed by atoms with Gasteiger partial charge in [0.15, 0.2) is 0 Å². The Bertz CT molecular complexity index is 510. The van der Waals surface area contributed by atoms with Gasteiger partial charge in [-0.1, -0.05) is 19.9 Å². The maximum Gasteiger partial charge on any atom is 0.326 e. The predicted molar refractivity (Wildman–Crippen MR) is 68.7 cm³/mol. The second kappa shape index (κ2) is 5.40. The van der Waals surface area contributed by atoms with Gasteiger partial charge >= 0.3 is 5.97 Å². The summed E-state index contributed by atoms with van der Waals surface area (Å²) in [6, 6.07) is 4.43. The van der Waals surface area contributed by atoms with Crippen LogP contribution in [0.4, 0.5) is 0 Å². The van der Waals surface area contributed by atoms with Gasteiger partial charge in [-0.05, 0) is 29.2 Å². The van der Waals surface area contributed by atoms with Crippen molar-refractivity contribution < 1.29 is 19.4 Å². The van der Waals surface area contributed by atoms with Gasteiger partial charge in [-0.2, -0.15) is 0 Å². The molecule has 0 spiro atoms. The molecule has 0 aliphatic carbocycles. The lowest BCUT2D eigenvalue weighted by atomic mass is 10.0. The van der Waals surface area contributed by atoms with Gasteiger partial charge in [0.25, 0.3) is 5.91 Å². The van der Waals surface area contributed by atoms with Crippen LogP contribution in [0.1, 0.15) is 35.3 Å². The predicted octanol–water partition coefficient (Wildman–Crippen LogP) is 1.56. The number of nitrogens with one attached hydrogen (secondary N) is 1. The molecule has 0 bridgehead atoms. The maximum absolute atomic E-state index is 12.0. The highest BCUT2D eigenvalue weighted by atomic mass is 16.5. The van der Waals surface area contributed by atoms with Crippen molar-refractivity contribution in [3.63, 3.8) is 0 Å². The molecular formula is C14H17NO4. The van der Waals surface area contributed by atoms with Crippen molar-refractivity contribution in [3.8, 4) is 0 Å². The molecule has 0 saturated carbocycles. The molecule has 0 radical (unpaired) electrons. The van der Waals surface area contributed by atoms with Crippen molar-refractivity contribution in [2.75, 3.05) is 0 Å². The Kier molecular flexibility index (Phi) is 3.85. The molecule has 1 aliphatic heterocycles. The number of carbonyl (C=O) groups excluding carboxylic acids is 1. The molecular weight excluding hydrogens is 246 g/mol. The first-order chi connectivity index (χ1) is 8.99. The van der Waals surface area contributed by atoms with Crippen molar-refractivity contribution >= 4 is 11.9 Å². The molecule has 1 heterocycles. The number of benzene rings is 1. The zero-order valence-corrected chi connectivity index (χ0v) is 11.0. The van der Waals surface area contributed by atoms with Crippen molar-refractivity contribution in [2.24, 2.45) is 5.92 Å². The average Bonchev–Trinajstić information content (AvgIpc) is 2.81. The minimum absolute atomic E-state index is 0.167. The van der Waals surface area contributed by atoms with Crippen molar-refractivity contribution in [3.05, 3.63) is 34.9 Å². The molecule has 5 heteroatoms. The molecule has 5 nitrogen and oxygen atoms in total. The number of hydrogen-bond acceptors (Lipinski definition) is 3. The lowest BCUT2D eigenvalue weighted by Gasteiger charge is -2.18. The number of carboxylic acid groups (broad SMARTS) is 1. The summed E-state index contributed by atoms with van der Waals surface area (Å²) in [5.74, 6) is -1.55. The van der Waals surface area contributed by atoms with Crippen LogP contribution in [0.15, 0.2) is 18.2 Å². The lowest BCUT2D eigenvalue weighted by Crippen LogP contribution is -2.44. The van der Waals surface area contributed by atoms with E-state index in [1.807, 2.05) is 6.07 Å². The van der Waals surface area contributed by atoms with Gasteiger partial charge in [0, 0.05) is 5.56 Å². The van der Waals surface area contributed by atoms with Crippen LogP contribution in [0, 0.1) is 5.92 Å². The van der Waals surface area contributed by atoms with Gasteiger partial charge in [0.2, 0.25) is 0 Å². The fraction of sp³-hybridized carbons (Fsp3) is 0.429. The maximum atomic E-state index is 12.0. The standard InChI is InChI=1S/C14H17NO4/c1-8(2)12(14(17)18)15-13(16)9-3-4-10-6-19-7-11(10)5-9/h3-5,8,12H,6-7H2,1-2H3,(H,15,16)(H,17,18)/t12-/m0/s1. The Hall–Kier alpha value is -1.88. The third-order valence-corrected chi connectivity index (χ3v) is 3.20. The molecule has 2 N–H and O–H groups in total. The van der Waals surface area contributed by atoms with Crippen LogP contribution in [0.5, 0.6) is 0 Å². The van der Waals surface area contributed by atoms with Crippen LogP contribution >= 0.6 is 0 Å². The van der Waals surface area contributed by atoms with Crippen LogP contribution < -0.4 is 5.32 Å². The SMILES string of the molecule is CC(C)[C@H](NC(=O)c1ccc2c(c1)COC2)C(=O)O. The molecule has 0 aromatic heterocycles. The number of aliphatic carboxylic acids is 1. The highest BCUT2D eigenvalue weighted by Crippen LogP contribution is 2.21. The number of hydrogen-bond donors (Lipinski definition) is 2. The van der Waals surface area contributed by atoms with Crippen molar-refractivity contribution in [1.29, 1.82) is 0 Å². The van der Waals surface area contributed by atoms with Crippen LogP contribution in [-0.4, -0.2) is 23.0 Å². The Balaban J connectivity index is 2.13. The third kappa shape index (κ3) is 2.93. The number of carbonyl (C=O) groups is 2. The first-order valence-electron chi connectivity index (χ1n) is 6.22. The van der Waals surface area contributed by atoms with E-state index in [1.165, 1.54) is 0 Å². The molecule has 0 unspecified atom stereocenters. The van der Waals surface area contributed by atoms with Crippen LogP contribution in [0.3, 0.4) is 0 Å². The molecule has 1 atom stereocenters. The van der Waals surface area contributed by atoms with E-state index in [1.54, 1.807) is 26.0 Å². The third-order valence-electron chi connectivity index (χ3n) is 3.20. The number of ether oxygens (including phenoxy) is 1. The molecule has 19 heavy (non-hydrogen) atoms. The lowest BCUT2D eigenvalue weighted by molar-refractivity contribution is -0.140. The van der Waals surface area contributed by atoms with Crippen LogP contribution in [-0.2, 0) is 22.7 Å². The zero-order chi connectivity index (χ0) is 14.0. The molecule has 0 fully saturated rings. The van der Waals surface area contributed by atoms with Gasteiger partial charge in [-0.3, -0.25) is 4.79 Å². The highest BCUT2D eigenvalue weighted by Gasteiger charge is 2.24. The topological polar surface area (TPSA) is 75.6 Å². The average molecular weight is 263 g/mol. The second-order valence-corrected chi connectivity index (χ2v) is 5.01. The number of rotatable bonds is 4. The zero-order valence-electron chi connectivity index (χ0n) is 11.0. The summed E-state index contributed by atoms with van der Waals surface area (Å²) in [5, 5.41) is 11.6. The number of fused-ring (bicyclic) bond motifs is 1. The number of carboxylic acids is 1. The van der Waals surface area contributed by atoms with Gasteiger partial charge in [0.05, 0.1) is 13.2 Å². The monoisotopic (exact) mass is 263 g/mol. The summed E-state index contributed by atoms with van der Waals surface area (Å²) in [6.07, 6.45) is 0. The fourth-order valence-corrected chi connectivity index (χ4v) is 2.05. The summed E-state index contributed by atoms with van der Waals surface area (Å²) in [4.78, 5) is 23.1. The van der Waals surface area contributed by atoms with E-state index in [9.17, 15) is 9.59 Å². The van der Waals surface area contributed by atoms with Gasteiger partial charge in [-0.25, -0.2) is 4.79 Å². The van der Waals surface area contributed by atoms with Gasteiger partial charge in [0.1, 0.15) is 6.04 Å². The van der Waals surface area contributed by atoms with Crippen molar-refractivity contribution in [2.45, 2.75) is 33.1 Å². The fourth-order valence-electron chi connectivity index (χ4n) is 2.05. The Labute approximate surface area is 111 Å². The minimum atomic E-state index is -1.02. The minimum Gasteiger partial charge on any atom is -0.480 e. The Morgan fingerprint density at radius 2 is 1.95 bits per heavy atom. The molecule has 1 aromatic carbocycles. The van der Waals surface area contributed by atoms with E-state index in [2.05, 4.69) is 5.32 Å². The Morgan fingerprint density at radius 3 is 2.58 bits per heavy atom. The normalized spacial score (nSPS) is 15.1. The quantitative estimate of drug-likeness (QED) is 0.864. The highest BCUT2D eigenvalue weighted by molar-refractivity contribution is 5.96. The number of amides is 1. The summed E-state index contributed by atoms with van der Waals surface area (Å²) < 4.78 is 5.28. The van der Waals surface area contributed by atoms with Gasteiger partial charge in [-0.15, -0.1) is 0 Å². The smallest absolute Gasteiger partial charge is 0.326 e. The molecule has 1 amide bonds. The van der Waals surface area contributed by atoms with E-state index in [-0.39, 0.29) is 11.8 Å². The molecule has 2 rings (SSSR count). The summed E-state index contributed by atoms with van der Waals surface area (Å²) in [7, 11) is 0.